The van der Waals surface area contributed by atoms with E-state index in [-0.39, 0.29) is 53.1 Å². The van der Waals surface area contributed by atoms with Gasteiger partial charge in [-0.2, -0.15) is 0 Å². The average Bonchev–Trinajstić information content (AvgIpc) is 0.794. The number of carbonyl (C=O) groups excluding carboxylic acids is 21. The monoisotopic (exact) mass is 2270 g/mol. The van der Waals surface area contributed by atoms with Crippen LogP contribution in [0.5, 0.6) is 51.7 Å². The minimum atomic E-state index is -2.21. The van der Waals surface area contributed by atoms with Crippen LogP contribution >= 0.6 is 104 Å². The third kappa shape index (κ3) is 47.0. The molecule has 9 aromatic carbocycles. The predicted molar refractivity (Wildman–Crippen MR) is 515 cm³/mol. The van der Waals surface area contributed by atoms with Crippen molar-refractivity contribution in [1.82, 2.24) is 0 Å². The Hall–Kier alpha value is -17.7. The lowest BCUT2D eigenvalue weighted by atomic mass is 9.84. The molecule has 0 amide bonds. The minimum Gasteiger partial charge on any atom is -0.473 e. The van der Waals surface area contributed by atoms with Crippen LogP contribution < -0.4 is 42.6 Å². The first-order valence-corrected chi connectivity index (χ1v) is 42.4. The number of ether oxygens (including phenoxy) is 11. The van der Waals surface area contributed by atoms with Gasteiger partial charge >= 0.3 is 88.7 Å². The zero-order valence-electron chi connectivity index (χ0n) is 77.7. The number of ketones is 10. The second-order valence-electron chi connectivity index (χ2n) is 26.8. The fourth-order valence-electron chi connectivity index (χ4n) is 8.44. The SMILES string of the molecule is CC(=O)C(=O)Oc1c(Cl)cc(Cl)cc1Cl.CC(=O)C(=O)Oc1c(Cl)cc(Cl)cc1Cl.CC(=O)C(=O)Oc1c(Cl)cc(Cl)cc1Cl.CC(=O)C(=O)Oc1ccc([N+](=O)[O-])cc1[N+](=O)[O-].CC(=O)C(=O)Oc1ccc([N+](=O)[O-])cc1[N+](=O)[O-].CC(=O)C(=O)Oc1ccc([N+](=O)[O-])cc1[N+](=O)[O-].CC(=O)C(=O)Oc1ccccc1.CC(=O)C(=O)Oc1ccccc1.COC(=O)C(C)(C(=O)OC)C(=O)C(C)=O.O=C(O)C(=O)Oc1ccccc1. The van der Waals surface area contributed by atoms with Gasteiger partial charge in [-0.1, -0.05) is 159 Å². The third-order valence-corrected chi connectivity index (χ3v) is 17.8. The highest BCUT2D eigenvalue weighted by molar-refractivity contribution is 6.47. The zero-order valence-corrected chi connectivity index (χ0v) is 84.5. The lowest BCUT2D eigenvalue weighted by Crippen LogP contribution is -2.47. The fourth-order valence-corrected chi connectivity index (χ4v) is 11.1. The molecular formula is C89H67Cl9N6O46. The Morgan fingerprint density at radius 1 is 0.253 bits per heavy atom. The molecule has 0 aromatic heterocycles. The van der Waals surface area contributed by atoms with Gasteiger partial charge in [-0.15, -0.1) is 0 Å². The normalized spacial score (nSPS) is 9.63. The van der Waals surface area contributed by atoms with E-state index >= 15 is 0 Å². The van der Waals surface area contributed by atoms with Crippen molar-refractivity contribution in [3.8, 4) is 51.7 Å². The van der Waals surface area contributed by atoms with Crippen LogP contribution in [0, 0.1) is 66.1 Å². The molecular weight excluding hydrogens is 2210 g/mol. The number of para-hydroxylation sites is 3. The van der Waals surface area contributed by atoms with Crippen LogP contribution in [0.4, 0.5) is 34.1 Å². The molecule has 61 heteroatoms. The maximum Gasteiger partial charge on any atom is 0.422 e. The van der Waals surface area contributed by atoms with E-state index in [1.54, 1.807) is 78.9 Å². The summed E-state index contributed by atoms with van der Waals surface area (Å²) in [6, 6.07) is 40.5. The van der Waals surface area contributed by atoms with E-state index in [0.29, 0.717) is 44.8 Å². The summed E-state index contributed by atoms with van der Waals surface area (Å²) in [5.74, 6) is -22.8. The van der Waals surface area contributed by atoms with Gasteiger partial charge in [0.15, 0.2) is 23.0 Å². The highest BCUT2D eigenvalue weighted by Crippen LogP contribution is 2.40. The minimum absolute atomic E-state index is 0.0667. The van der Waals surface area contributed by atoms with Crippen LogP contribution in [-0.4, -0.2) is 178 Å². The molecule has 0 spiro atoms. The average molecular weight is 2280 g/mol. The van der Waals surface area contributed by atoms with Crippen LogP contribution in [0.25, 0.3) is 0 Å². The molecule has 9 rings (SSSR count). The Bertz CT molecular complexity index is 6120. The number of carbonyl (C=O) groups is 22. The number of non-ortho nitro benzene ring substituents is 3. The van der Waals surface area contributed by atoms with Crippen molar-refractivity contribution in [2.45, 2.75) is 69.2 Å². The number of Topliss-reactive ketones (excluding diaryl/α,β-unsaturated/α-hetero) is 10. The van der Waals surface area contributed by atoms with Crippen molar-refractivity contribution >= 4 is 268 Å². The van der Waals surface area contributed by atoms with Crippen molar-refractivity contribution in [1.29, 1.82) is 0 Å². The largest absolute Gasteiger partial charge is 0.473 e. The maximum atomic E-state index is 11.4. The number of nitrogens with zero attached hydrogens (tertiary/aromatic N) is 6. The zero-order chi connectivity index (χ0) is 116. The van der Waals surface area contributed by atoms with E-state index in [0.717, 1.165) is 106 Å². The van der Waals surface area contributed by atoms with E-state index < -0.39 is 216 Å². The number of carboxylic acid groups (broad SMARTS) is 1. The molecule has 0 aliphatic carbocycles. The lowest BCUT2D eigenvalue weighted by molar-refractivity contribution is -0.394. The van der Waals surface area contributed by atoms with Crippen LogP contribution in [0.3, 0.4) is 0 Å². The van der Waals surface area contributed by atoms with E-state index in [4.69, 9.17) is 110 Å². The Labute approximate surface area is 883 Å². The highest BCUT2D eigenvalue weighted by Gasteiger charge is 2.52. The Kier molecular flexibility index (Phi) is 57.3. The van der Waals surface area contributed by atoms with Gasteiger partial charge in [0.05, 0.1) is 92.1 Å². The number of aliphatic carboxylic acids is 1. The summed E-state index contributed by atoms with van der Waals surface area (Å²) in [6.07, 6.45) is 0. The summed E-state index contributed by atoms with van der Waals surface area (Å²) < 4.78 is 49.8. The van der Waals surface area contributed by atoms with E-state index in [2.05, 4.69) is 52.1 Å². The molecule has 1 N–H and O–H groups in total. The summed E-state index contributed by atoms with van der Waals surface area (Å²) in [5.41, 5.74) is -6.08. The van der Waals surface area contributed by atoms with Gasteiger partial charge in [-0.25, -0.2) is 47.9 Å². The number of rotatable bonds is 27. The van der Waals surface area contributed by atoms with Gasteiger partial charge in [0.1, 0.15) is 17.2 Å². The summed E-state index contributed by atoms with van der Waals surface area (Å²) >= 11 is 51.3. The number of esters is 11. The van der Waals surface area contributed by atoms with Gasteiger partial charge in [0, 0.05) is 95.6 Å². The van der Waals surface area contributed by atoms with Gasteiger partial charge in [-0.05, 0) is 97.9 Å². The van der Waals surface area contributed by atoms with E-state index in [1.165, 1.54) is 62.4 Å². The van der Waals surface area contributed by atoms with Gasteiger partial charge in [-0.3, -0.25) is 118 Å². The number of nitro groups is 6. The molecule has 0 heterocycles. The first kappa shape index (κ1) is 132. The first-order chi connectivity index (χ1) is 69.6. The number of carboxylic acids is 1. The maximum absolute atomic E-state index is 11.4. The number of nitro benzene ring substituents is 6. The number of hydrogen-bond acceptors (Lipinski definition) is 45. The number of benzene rings is 9. The summed E-state index contributed by atoms with van der Waals surface area (Å²) in [4.78, 5) is 296. The molecule has 150 heavy (non-hydrogen) atoms. The fraction of sp³-hybridized carbons (Fsp3) is 0.146. The molecule has 0 saturated carbocycles. The molecule has 0 radical (unpaired) electrons. The number of methoxy groups -OCH3 is 2. The van der Waals surface area contributed by atoms with Crippen molar-refractivity contribution in [2.75, 3.05) is 14.2 Å². The predicted octanol–water partition coefficient (Wildman–Crippen LogP) is 15.0. The lowest BCUT2D eigenvalue weighted by Gasteiger charge is -2.20. The van der Waals surface area contributed by atoms with Gasteiger partial charge in [0.2, 0.25) is 74.7 Å². The molecule has 792 valence electrons. The molecule has 0 aliphatic heterocycles. The van der Waals surface area contributed by atoms with Crippen LogP contribution in [0.2, 0.25) is 45.2 Å². The van der Waals surface area contributed by atoms with Crippen molar-refractivity contribution in [2.24, 2.45) is 5.41 Å². The number of hydrogen-bond donors (Lipinski definition) is 1. The Morgan fingerprint density at radius 3 is 0.607 bits per heavy atom. The van der Waals surface area contributed by atoms with E-state index in [1.807, 2.05) is 0 Å². The number of halogens is 9. The first-order valence-electron chi connectivity index (χ1n) is 39.0. The molecule has 0 bridgehead atoms. The van der Waals surface area contributed by atoms with Crippen LogP contribution in [-0.2, 0) is 115 Å². The van der Waals surface area contributed by atoms with Crippen molar-refractivity contribution < 1.29 is 192 Å². The smallest absolute Gasteiger partial charge is 0.422 e. The topological polar surface area (TPSA) is 756 Å². The summed E-state index contributed by atoms with van der Waals surface area (Å²) in [6.45, 7) is 10.3. The quantitative estimate of drug-likeness (QED) is 0.0125. The Balaban J connectivity index is 0.00000165. The summed E-state index contributed by atoms with van der Waals surface area (Å²) in [7, 11) is 2.02. The third-order valence-electron chi connectivity index (χ3n) is 15.4. The van der Waals surface area contributed by atoms with Crippen LogP contribution in [0.15, 0.2) is 182 Å². The van der Waals surface area contributed by atoms with Crippen molar-refractivity contribution in [3.63, 3.8) is 0 Å². The standard InChI is InChI=1S/3C9H5Cl3O3.3C9H6N2O7.C9H12O6.2C9H8O3.C8H6O4/c3*1-4(13)9(14)15-8-6(11)2-5(10)3-7(8)12;3*1-5(12)9(13)18-8-3-2-6(10(14)15)4-7(8)11(16)17;1-5(10)6(11)9(2,7(12)14-3)8(13)15-4;2*1-7(10)9(11)12-8-5-3-2-4-6-8;9-7(10)8(11)12-6-4-2-1-3-5-6/h3*2-3H,1H3;3*2-4H,1H3;1-4H3;2*2-6H,1H3;1-5H,(H,9,10). The van der Waals surface area contributed by atoms with E-state index in [9.17, 15) is 166 Å². The second kappa shape index (κ2) is 64.9. The second-order valence-corrected chi connectivity index (χ2v) is 30.5. The van der Waals surface area contributed by atoms with Crippen LogP contribution in [0.1, 0.15) is 69.2 Å². The van der Waals surface area contributed by atoms with Crippen molar-refractivity contribution in [3.05, 3.63) is 288 Å². The molecule has 52 nitrogen and oxygen atoms in total. The van der Waals surface area contributed by atoms with Gasteiger partial charge in [0.25, 0.3) is 17.1 Å². The molecule has 0 atom stereocenters. The molecule has 0 fully saturated rings. The van der Waals surface area contributed by atoms with Gasteiger partial charge < -0.3 is 57.2 Å². The molecule has 9 aromatic rings. The Morgan fingerprint density at radius 2 is 0.440 bits per heavy atom. The highest BCUT2D eigenvalue weighted by atomic mass is 35.5. The molecule has 0 saturated heterocycles. The molecule has 0 unspecified atom stereocenters. The summed E-state index contributed by atoms with van der Waals surface area (Å²) in [5, 5.41) is 72.8. The molecule has 0 aliphatic rings.